The van der Waals surface area contributed by atoms with E-state index < -0.39 is 0 Å². The van der Waals surface area contributed by atoms with Crippen molar-refractivity contribution < 1.29 is 0 Å². The molecule has 0 aliphatic carbocycles. The lowest BCUT2D eigenvalue weighted by atomic mass is 10.1. The molecule has 0 amide bonds. The third-order valence-corrected chi connectivity index (χ3v) is 3.65. The van der Waals surface area contributed by atoms with Crippen molar-refractivity contribution in [2.45, 2.75) is 13.3 Å². The Morgan fingerprint density at radius 2 is 1.91 bits per heavy atom. The summed E-state index contributed by atoms with van der Waals surface area (Å²) in [5, 5.41) is 3.33. The fourth-order valence-corrected chi connectivity index (χ4v) is 2.43. The highest BCUT2D eigenvalue weighted by Gasteiger charge is 2.10. The smallest absolute Gasteiger partial charge is 0.180 e. The second kappa shape index (κ2) is 6.05. The average Bonchev–Trinajstić information content (AvgIpc) is 2.97. The van der Waals surface area contributed by atoms with E-state index in [-0.39, 0.29) is 0 Å². The Morgan fingerprint density at radius 1 is 1.14 bits per heavy atom. The maximum Gasteiger partial charge on any atom is 0.180 e. The van der Waals surface area contributed by atoms with Gasteiger partial charge < -0.3 is 10.2 Å². The molecule has 0 radical (unpaired) electrons. The first kappa shape index (κ1) is 14.4. The van der Waals surface area contributed by atoms with Crippen LogP contribution in [-0.4, -0.2) is 35.0 Å². The zero-order valence-corrected chi connectivity index (χ0v) is 13.2. The summed E-state index contributed by atoms with van der Waals surface area (Å²) in [6.45, 7) is 3.03. The van der Waals surface area contributed by atoms with Gasteiger partial charge in [-0.3, -0.25) is 4.40 Å². The van der Waals surface area contributed by atoms with Crippen LogP contribution in [0, 0.1) is 0 Å². The molecule has 0 saturated heterocycles. The topological polar surface area (TPSA) is 45.5 Å². The first-order valence-corrected chi connectivity index (χ1v) is 7.54. The van der Waals surface area contributed by atoms with Crippen molar-refractivity contribution in [1.82, 2.24) is 14.4 Å². The van der Waals surface area contributed by atoms with Gasteiger partial charge in [0.05, 0.1) is 11.9 Å². The minimum Gasteiger partial charge on any atom is -0.378 e. The summed E-state index contributed by atoms with van der Waals surface area (Å²) in [6.07, 6.45) is 6.72. The van der Waals surface area contributed by atoms with Gasteiger partial charge in [-0.25, -0.2) is 9.97 Å². The van der Waals surface area contributed by atoms with Crippen LogP contribution in [0.3, 0.4) is 0 Å². The minimum absolute atomic E-state index is 0.834. The highest BCUT2D eigenvalue weighted by molar-refractivity contribution is 5.71. The Labute approximate surface area is 130 Å². The number of fused-ring (bicyclic) bond motifs is 1. The highest BCUT2D eigenvalue weighted by atomic mass is 15.1. The molecule has 0 fully saturated rings. The summed E-state index contributed by atoms with van der Waals surface area (Å²) in [6, 6.07) is 8.48. The zero-order valence-electron chi connectivity index (χ0n) is 13.2. The van der Waals surface area contributed by atoms with Crippen LogP contribution in [0.4, 0.5) is 11.5 Å². The zero-order chi connectivity index (χ0) is 15.5. The first-order chi connectivity index (χ1) is 10.7. The summed E-state index contributed by atoms with van der Waals surface area (Å²) in [5.74, 6) is 0.834. The van der Waals surface area contributed by atoms with E-state index >= 15 is 0 Å². The van der Waals surface area contributed by atoms with Crippen LogP contribution in [0.25, 0.3) is 16.9 Å². The van der Waals surface area contributed by atoms with Crippen LogP contribution in [-0.2, 0) is 0 Å². The van der Waals surface area contributed by atoms with E-state index in [4.69, 9.17) is 0 Å². The Kier molecular flexibility index (Phi) is 3.96. The number of rotatable bonds is 5. The second-order valence-electron chi connectivity index (χ2n) is 5.48. The van der Waals surface area contributed by atoms with Crippen molar-refractivity contribution in [2.75, 3.05) is 30.9 Å². The van der Waals surface area contributed by atoms with Gasteiger partial charge in [-0.1, -0.05) is 19.1 Å². The molecular weight excluding hydrogens is 274 g/mol. The number of hydrogen-bond acceptors (Lipinski definition) is 4. The van der Waals surface area contributed by atoms with Crippen molar-refractivity contribution in [2.24, 2.45) is 0 Å². The highest BCUT2D eigenvalue weighted by Crippen LogP contribution is 2.25. The van der Waals surface area contributed by atoms with Gasteiger partial charge in [-0.15, -0.1) is 0 Å². The van der Waals surface area contributed by atoms with Gasteiger partial charge in [-0.05, 0) is 18.6 Å². The van der Waals surface area contributed by atoms with Gasteiger partial charge in [0.1, 0.15) is 0 Å². The third kappa shape index (κ3) is 2.62. The summed E-state index contributed by atoms with van der Waals surface area (Å²) >= 11 is 0. The standard InChI is InChI=1S/C17H21N5/c1-4-9-18-16-17-20-12-15(22(17)11-10-19-16)13-5-7-14(8-6-13)21(2)3/h5-8,10-12H,4,9H2,1-3H3,(H,18,19). The molecule has 0 aliphatic heterocycles. The molecule has 3 rings (SSSR count). The number of nitrogens with zero attached hydrogens (tertiary/aromatic N) is 4. The fraction of sp³-hybridized carbons (Fsp3) is 0.294. The molecule has 1 N–H and O–H groups in total. The predicted octanol–water partition coefficient (Wildman–Crippen LogP) is 3.28. The molecule has 0 bridgehead atoms. The molecule has 0 unspecified atom stereocenters. The van der Waals surface area contributed by atoms with E-state index in [0.717, 1.165) is 35.7 Å². The Balaban J connectivity index is 2.01. The third-order valence-electron chi connectivity index (χ3n) is 3.65. The molecule has 114 valence electrons. The number of anilines is 2. The SMILES string of the molecule is CCCNc1nccn2c(-c3ccc(N(C)C)cc3)cnc12. The number of benzene rings is 1. The van der Waals surface area contributed by atoms with Crippen LogP contribution in [0.2, 0.25) is 0 Å². The van der Waals surface area contributed by atoms with Gasteiger partial charge >= 0.3 is 0 Å². The lowest BCUT2D eigenvalue weighted by molar-refractivity contribution is 0.964. The largest absolute Gasteiger partial charge is 0.378 e. The predicted molar refractivity (Wildman–Crippen MR) is 91.5 cm³/mol. The Hall–Kier alpha value is -2.56. The van der Waals surface area contributed by atoms with E-state index in [1.165, 1.54) is 5.69 Å². The van der Waals surface area contributed by atoms with Gasteiger partial charge in [0, 0.05) is 44.3 Å². The van der Waals surface area contributed by atoms with E-state index in [0.29, 0.717) is 0 Å². The number of aromatic nitrogens is 3. The van der Waals surface area contributed by atoms with Crippen molar-refractivity contribution in [1.29, 1.82) is 0 Å². The normalized spacial score (nSPS) is 10.9. The van der Waals surface area contributed by atoms with Crippen LogP contribution >= 0.6 is 0 Å². The fourth-order valence-electron chi connectivity index (χ4n) is 2.43. The Bertz CT molecular complexity index is 758. The van der Waals surface area contributed by atoms with E-state index in [9.17, 15) is 0 Å². The molecule has 1 aromatic carbocycles. The first-order valence-electron chi connectivity index (χ1n) is 7.54. The van der Waals surface area contributed by atoms with Crippen molar-refractivity contribution in [3.63, 3.8) is 0 Å². The minimum atomic E-state index is 0.834. The van der Waals surface area contributed by atoms with E-state index in [1.54, 1.807) is 0 Å². The molecule has 5 heteroatoms. The summed E-state index contributed by atoms with van der Waals surface area (Å²) < 4.78 is 2.08. The molecule has 5 nitrogen and oxygen atoms in total. The van der Waals surface area contributed by atoms with Gasteiger partial charge in [0.25, 0.3) is 0 Å². The monoisotopic (exact) mass is 295 g/mol. The van der Waals surface area contributed by atoms with Crippen LogP contribution in [0.1, 0.15) is 13.3 Å². The van der Waals surface area contributed by atoms with Gasteiger partial charge in [0.15, 0.2) is 11.5 Å². The average molecular weight is 295 g/mol. The number of nitrogens with one attached hydrogen (secondary N) is 1. The van der Waals surface area contributed by atoms with E-state index in [2.05, 4.69) is 55.8 Å². The molecule has 3 aromatic rings. The van der Waals surface area contributed by atoms with Crippen LogP contribution in [0.15, 0.2) is 42.9 Å². The summed E-state index contributed by atoms with van der Waals surface area (Å²) in [7, 11) is 4.08. The summed E-state index contributed by atoms with van der Waals surface area (Å²) in [4.78, 5) is 11.0. The number of hydrogen-bond donors (Lipinski definition) is 1. The molecular formula is C17H21N5. The molecule has 0 spiro atoms. The molecule has 22 heavy (non-hydrogen) atoms. The molecule has 0 atom stereocenters. The van der Waals surface area contributed by atoms with Gasteiger partial charge in [-0.2, -0.15) is 0 Å². The maximum atomic E-state index is 4.53. The second-order valence-corrected chi connectivity index (χ2v) is 5.48. The molecule has 0 aliphatic rings. The van der Waals surface area contributed by atoms with Crippen molar-refractivity contribution in [3.8, 4) is 11.3 Å². The molecule has 2 aromatic heterocycles. The lowest BCUT2D eigenvalue weighted by Crippen LogP contribution is -2.08. The van der Waals surface area contributed by atoms with Gasteiger partial charge in [0.2, 0.25) is 0 Å². The quantitative estimate of drug-likeness (QED) is 0.784. The van der Waals surface area contributed by atoms with Crippen molar-refractivity contribution in [3.05, 3.63) is 42.9 Å². The maximum absolute atomic E-state index is 4.53. The summed E-state index contributed by atoms with van der Waals surface area (Å²) in [5.41, 5.74) is 4.26. The van der Waals surface area contributed by atoms with Crippen LogP contribution in [0.5, 0.6) is 0 Å². The molecule has 2 heterocycles. The lowest BCUT2D eigenvalue weighted by Gasteiger charge is -2.12. The molecule has 0 saturated carbocycles. The van der Waals surface area contributed by atoms with Crippen molar-refractivity contribution >= 4 is 17.2 Å². The van der Waals surface area contributed by atoms with Crippen LogP contribution < -0.4 is 10.2 Å². The Morgan fingerprint density at radius 3 is 2.59 bits per heavy atom. The van der Waals surface area contributed by atoms with E-state index in [1.807, 2.05) is 32.7 Å². The number of imidazole rings is 1.